The van der Waals surface area contributed by atoms with Crippen LogP contribution in [0.25, 0.3) is 0 Å². The molecule has 3 aliphatic rings. The Morgan fingerprint density at radius 2 is 1.86 bits per heavy atom. The molecule has 4 atom stereocenters. The maximum atomic E-state index is 13.0. The summed E-state index contributed by atoms with van der Waals surface area (Å²) in [5, 5.41) is 42.2. The molecular formula is C19H18N2O7. The number of amides is 1. The van der Waals surface area contributed by atoms with Gasteiger partial charge < -0.3 is 31.9 Å². The van der Waals surface area contributed by atoms with E-state index in [0.717, 1.165) is 0 Å². The fourth-order valence-electron chi connectivity index (χ4n) is 4.65. The van der Waals surface area contributed by atoms with Crippen LogP contribution in [0.5, 0.6) is 5.75 Å². The molecule has 9 nitrogen and oxygen atoms in total. The third-order valence-corrected chi connectivity index (χ3v) is 5.99. The van der Waals surface area contributed by atoms with Gasteiger partial charge in [-0.2, -0.15) is 0 Å². The fourth-order valence-corrected chi connectivity index (χ4v) is 4.65. The first-order chi connectivity index (χ1) is 13.1. The van der Waals surface area contributed by atoms with E-state index < -0.39 is 58.0 Å². The molecule has 0 bridgehead atoms. The molecule has 0 fully saturated rings. The maximum absolute atomic E-state index is 13.0. The molecule has 0 aromatic heterocycles. The molecule has 4 rings (SSSR count). The zero-order valence-electron chi connectivity index (χ0n) is 14.5. The van der Waals surface area contributed by atoms with Crippen LogP contribution in [0.15, 0.2) is 40.9 Å². The van der Waals surface area contributed by atoms with Gasteiger partial charge in [0.05, 0.1) is 11.6 Å². The van der Waals surface area contributed by atoms with E-state index in [2.05, 4.69) is 0 Å². The number of rotatable bonds is 1. The van der Waals surface area contributed by atoms with Crippen LogP contribution in [0, 0.1) is 11.8 Å². The van der Waals surface area contributed by atoms with Crippen molar-refractivity contribution in [2.45, 2.75) is 24.5 Å². The summed E-state index contributed by atoms with van der Waals surface area (Å²) in [6, 6.07) is 3.23. The minimum atomic E-state index is -2.67. The summed E-state index contributed by atoms with van der Waals surface area (Å²) in [5.41, 5.74) is 7.87. The standard InChI is InChI=1S/C19H18N2O7/c20-13-8-5-7-4-6-2-1-3-9(22)10(6)14(23)11(7)16(25)19(8,28)17(26)12(15(13)24)18(21)27/h1-3,7-8,13,22,24-25,28H,4-5,20H2,(H2,21,27)/t7-,8-,13-,19-/m0/s1. The molecule has 146 valence electrons. The second kappa shape index (κ2) is 5.66. The summed E-state index contributed by atoms with van der Waals surface area (Å²) in [6.07, 6.45) is 0.259. The number of primary amides is 1. The monoisotopic (exact) mass is 386 g/mol. The predicted octanol–water partition coefficient (Wildman–Crippen LogP) is -0.482. The van der Waals surface area contributed by atoms with E-state index in [4.69, 9.17) is 11.5 Å². The SMILES string of the molecule is NC(=O)C1=C(O)[C@@H](N)[C@@H]2C[C@@H]3Cc4cccc(O)c4C(=O)C3=C(O)[C@]2(O)C1=O. The molecule has 1 aromatic rings. The number of benzene rings is 1. The number of aliphatic hydroxyl groups excluding tert-OH is 2. The van der Waals surface area contributed by atoms with E-state index in [1.165, 1.54) is 6.07 Å². The summed E-state index contributed by atoms with van der Waals surface area (Å²) in [6.45, 7) is 0. The van der Waals surface area contributed by atoms with E-state index in [9.17, 15) is 34.8 Å². The molecule has 0 spiro atoms. The number of hydrogen-bond donors (Lipinski definition) is 6. The number of allylic oxidation sites excluding steroid dienone is 1. The highest BCUT2D eigenvalue weighted by atomic mass is 16.3. The zero-order valence-corrected chi connectivity index (χ0v) is 14.5. The quantitative estimate of drug-likeness (QED) is 0.349. The van der Waals surface area contributed by atoms with Crippen LogP contribution in [-0.4, -0.2) is 49.5 Å². The van der Waals surface area contributed by atoms with Gasteiger partial charge in [-0.05, 0) is 30.4 Å². The second-order valence-electron chi connectivity index (χ2n) is 7.39. The number of ketones is 2. The first-order valence-electron chi connectivity index (χ1n) is 8.65. The van der Waals surface area contributed by atoms with Gasteiger partial charge in [-0.25, -0.2) is 0 Å². The summed E-state index contributed by atoms with van der Waals surface area (Å²) in [7, 11) is 0. The van der Waals surface area contributed by atoms with Crippen molar-refractivity contribution in [3.05, 3.63) is 52.0 Å². The van der Waals surface area contributed by atoms with E-state index in [1.807, 2.05) is 0 Å². The Hall–Kier alpha value is -3.17. The number of aliphatic hydroxyl groups is 3. The topological polar surface area (TPSA) is 184 Å². The predicted molar refractivity (Wildman–Crippen MR) is 94.2 cm³/mol. The Morgan fingerprint density at radius 3 is 2.50 bits per heavy atom. The summed E-state index contributed by atoms with van der Waals surface area (Å²) in [5.74, 6) is -7.02. The number of fused-ring (bicyclic) bond motifs is 3. The zero-order chi connectivity index (χ0) is 20.5. The Labute approximate surface area is 158 Å². The first-order valence-corrected chi connectivity index (χ1v) is 8.65. The Balaban J connectivity index is 1.95. The minimum Gasteiger partial charge on any atom is -0.510 e. The lowest BCUT2D eigenvalue weighted by Crippen LogP contribution is -2.63. The minimum absolute atomic E-state index is 0.000260. The molecule has 0 unspecified atom stereocenters. The number of hydrogen-bond acceptors (Lipinski definition) is 8. The number of carbonyl (C=O) groups excluding carboxylic acids is 3. The average molecular weight is 386 g/mol. The van der Waals surface area contributed by atoms with Crippen molar-refractivity contribution in [2.75, 3.05) is 0 Å². The number of aromatic hydroxyl groups is 1. The van der Waals surface area contributed by atoms with E-state index in [0.29, 0.717) is 5.56 Å². The molecule has 3 aliphatic carbocycles. The highest BCUT2D eigenvalue weighted by Crippen LogP contribution is 2.50. The van der Waals surface area contributed by atoms with E-state index in [-0.39, 0.29) is 29.7 Å². The van der Waals surface area contributed by atoms with Gasteiger partial charge in [0.1, 0.15) is 22.8 Å². The number of phenolic OH excluding ortho intramolecular Hbond substituents is 1. The molecular weight excluding hydrogens is 368 g/mol. The largest absolute Gasteiger partial charge is 0.510 e. The van der Waals surface area contributed by atoms with Gasteiger partial charge in [0.15, 0.2) is 11.4 Å². The molecule has 1 aromatic carbocycles. The molecule has 0 heterocycles. The van der Waals surface area contributed by atoms with Gasteiger partial charge in [0, 0.05) is 11.5 Å². The average Bonchev–Trinajstić information content (AvgIpc) is 2.62. The van der Waals surface area contributed by atoms with Gasteiger partial charge in [-0.15, -0.1) is 0 Å². The highest BCUT2D eigenvalue weighted by Gasteiger charge is 2.62. The van der Waals surface area contributed by atoms with Gasteiger partial charge >= 0.3 is 0 Å². The first kappa shape index (κ1) is 18.2. The van der Waals surface area contributed by atoms with Crippen LogP contribution >= 0.6 is 0 Å². The maximum Gasteiger partial charge on any atom is 0.255 e. The van der Waals surface area contributed by atoms with Crippen molar-refractivity contribution in [3.63, 3.8) is 0 Å². The number of carbonyl (C=O) groups is 3. The van der Waals surface area contributed by atoms with Crippen molar-refractivity contribution in [2.24, 2.45) is 23.3 Å². The Morgan fingerprint density at radius 1 is 1.18 bits per heavy atom. The van der Waals surface area contributed by atoms with Crippen molar-refractivity contribution in [1.82, 2.24) is 0 Å². The second-order valence-corrected chi connectivity index (χ2v) is 7.39. The lowest BCUT2D eigenvalue weighted by Gasteiger charge is -2.47. The molecule has 9 heteroatoms. The molecule has 0 aliphatic heterocycles. The van der Waals surface area contributed by atoms with E-state index in [1.54, 1.807) is 12.1 Å². The summed E-state index contributed by atoms with van der Waals surface area (Å²) in [4.78, 5) is 37.4. The van der Waals surface area contributed by atoms with Crippen molar-refractivity contribution < 1.29 is 34.8 Å². The number of phenols is 1. The number of nitrogens with two attached hydrogens (primary N) is 2. The molecule has 28 heavy (non-hydrogen) atoms. The fraction of sp³-hybridized carbons (Fsp3) is 0.316. The van der Waals surface area contributed by atoms with Gasteiger partial charge in [0.2, 0.25) is 5.78 Å². The highest BCUT2D eigenvalue weighted by molar-refractivity contribution is 6.24. The Bertz CT molecular complexity index is 1030. The molecule has 1 amide bonds. The molecule has 0 radical (unpaired) electrons. The lowest BCUT2D eigenvalue weighted by molar-refractivity contribution is -0.145. The van der Waals surface area contributed by atoms with Gasteiger partial charge in [-0.3, -0.25) is 14.4 Å². The summed E-state index contributed by atoms with van der Waals surface area (Å²) >= 11 is 0. The van der Waals surface area contributed by atoms with Crippen LogP contribution < -0.4 is 11.5 Å². The van der Waals surface area contributed by atoms with Crippen LogP contribution in [0.2, 0.25) is 0 Å². The van der Waals surface area contributed by atoms with Crippen molar-refractivity contribution in [3.8, 4) is 5.75 Å². The summed E-state index contributed by atoms with van der Waals surface area (Å²) < 4.78 is 0. The third kappa shape index (κ3) is 2.05. The normalized spacial score (nSPS) is 32.0. The third-order valence-electron chi connectivity index (χ3n) is 5.99. The number of Topliss-reactive ketones (excluding diaryl/α,β-unsaturated/α-hetero) is 2. The van der Waals surface area contributed by atoms with Crippen LogP contribution in [0.1, 0.15) is 22.3 Å². The van der Waals surface area contributed by atoms with Gasteiger partial charge in [0.25, 0.3) is 5.91 Å². The van der Waals surface area contributed by atoms with Crippen LogP contribution in [0.4, 0.5) is 0 Å². The molecule has 0 saturated carbocycles. The smallest absolute Gasteiger partial charge is 0.255 e. The van der Waals surface area contributed by atoms with Crippen molar-refractivity contribution >= 4 is 17.5 Å². The van der Waals surface area contributed by atoms with Crippen LogP contribution in [-0.2, 0) is 16.0 Å². The molecule has 0 saturated heterocycles. The van der Waals surface area contributed by atoms with Crippen molar-refractivity contribution in [1.29, 1.82) is 0 Å². The Kier molecular flexibility index (Phi) is 3.68. The molecule has 8 N–H and O–H groups in total. The van der Waals surface area contributed by atoms with E-state index >= 15 is 0 Å². The lowest BCUT2D eigenvalue weighted by atomic mass is 9.59. The van der Waals surface area contributed by atoms with Gasteiger partial charge in [-0.1, -0.05) is 12.1 Å². The van der Waals surface area contributed by atoms with Crippen LogP contribution in [0.3, 0.4) is 0 Å².